The molecule has 0 saturated heterocycles. The van der Waals surface area contributed by atoms with Crippen molar-refractivity contribution in [2.24, 2.45) is 0 Å². The van der Waals surface area contributed by atoms with Crippen molar-refractivity contribution in [1.29, 1.82) is 0 Å². The molecule has 1 N–H and O–H groups in total. The van der Waals surface area contributed by atoms with Crippen LogP contribution in [0.4, 0.5) is 0 Å². The molecule has 15 heavy (non-hydrogen) atoms. The summed E-state index contributed by atoms with van der Waals surface area (Å²) in [6, 6.07) is 5.72. The number of aliphatic carboxylic acids is 1. The normalized spacial score (nSPS) is 10.8. The van der Waals surface area contributed by atoms with Crippen LogP contribution in [0, 0.1) is 6.92 Å². The number of hydrogen-bond donors (Lipinski definition) is 1. The summed E-state index contributed by atoms with van der Waals surface area (Å²) in [6.45, 7) is 1.76. The number of fused-ring (bicyclic) bond motifs is 1. The Morgan fingerprint density at radius 3 is 3.00 bits per heavy atom. The molecule has 0 fully saturated rings. The van der Waals surface area contributed by atoms with E-state index >= 15 is 0 Å². The Bertz CT molecular complexity index is 533. The van der Waals surface area contributed by atoms with Crippen LogP contribution in [0.5, 0.6) is 0 Å². The Labute approximate surface area is 94.6 Å². The molecule has 0 unspecified atom stereocenters. The van der Waals surface area contributed by atoms with Gasteiger partial charge < -0.3 is 5.11 Å². The summed E-state index contributed by atoms with van der Waals surface area (Å²) in [6.07, 6.45) is 0. The van der Waals surface area contributed by atoms with E-state index < -0.39 is 5.97 Å². The van der Waals surface area contributed by atoms with Crippen molar-refractivity contribution in [3.05, 3.63) is 28.4 Å². The SMILES string of the molecule is Cc1nn(CC(=O)O)c2cc(Br)ccc12. The van der Waals surface area contributed by atoms with E-state index in [1.165, 1.54) is 4.68 Å². The maximum absolute atomic E-state index is 10.6. The molecule has 0 spiro atoms. The second-order valence-electron chi connectivity index (χ2n) is 3.30. The molecular weight excluding hydrogens is 260 g/mol. The Hall–Kier alpha value is -1.36. The van der Waals surface area contributed by atoms with Crippen molar-refractivity contribution in [3.63, 3.8) is 0 Å². The number of rotatable bonds is 2. The molecule has 1 aromatic carbocycles. The molecule has 4 nitrogen and oxygen atoms in total. The molecule has 2 rings (SSSR count). The van der Waals surface area contributed by atoms with Crippen LogP contribution in [0.25, 0.3) is 10.9 Å². The molecule has 1 heterocycles. The summed E-state index contributed by atoms with van der Waals surface area (Å²) in [5, 5.41) is 13.9. The van der Waals surface area contributed by atoms with E-state index in [0.29, 0.717) is 0 Å². The van der Waals surface area contributed by atoms with Gasteiger partial charge >= 0.3 is 5.97 Å². The molecule has 0 radical (unpaired) electrons. The highest BCUT2D eigenvalue weighted by atomic mass is 79.9. The van der Waals surface area contributed by atoms with Gasteiger partial charge in [0.05, 0.1) is 11.2 Å². The number of carboxylic acids is 1. The zero-order valence-corrected chi connectivity index (χ0v) is 9.65. The van der Waals surface area contributed by atoms with Crippen LogP contribution in [-0.4, -0.2) is 20.9 Å². The smallest absolute Gasteiger partial charge is 0.325 e. The molecule has 0 aliphatic rings. The zero-order valence-electron chi connectivity index (χ0n) is 8.07. The maximum atomic E-state index is 10.6. The number of nitrogens with zero attached hydrogens (tertiary/aromatic N) is 2. The average molecular weight is 269 g/mol. The Balaban J connectivity index is 2.64. The van der Waals surface area contributed by atoms with E-state index in [9.17, 15) is 4.79 Å². The van der Waals surface area contributed by atoms with Gasteiger partial charge in [0.1, 0.15) is 6.54 Å². The summed E-state index contributed by atoms with van der Waals surface area (Å²) in [5.41, 5.74) is 1.68. The molecular formula is C10H9BrN2O2. The first-order valence-corrected chi connectivity index (χ1v) is 5.21. The standard InChI is InChI=1S/C10H9BrN2O2/c1-6-8-3-2-7(11)4-9(8)13(12-6)5-10(14)15/h2-4H,5H2,1H3,(H,14,15). The van der Waals surface area contributed by atoms with Gasteiger partial charge in [-0.15, -0.1) is 0 Å². The average Bonchev–Trinajstić information content (AvgIpc) is 2.42. The number of hydrogen-bond acceptors (Lipinski definition) is 2. The van der Waals surface area contributed by atoms with Crippen LogP contribution in [0.15, 0.2) is 22.7 Å². The Morgan fingerprint density at radius 2 is 2.33 bits per heavy atom. The first-order valence-electron chi connectivity index (χ1n) is 4.42. The second-order valence-corrected chi connectivity index (χ2v) is 4.21. The minimum Gasteiger partial charge on any atom is -0.480 e. The molecule has 0 saturated carbocycles. The quantitative estimate of drug-likeness (QED) is 0.909. The van der Waals surface area contributed by atoms with Crippen molar-refractivity contribution < 1.29 is 9.90 Å². The van der Waals surface area contributed by atoms with Crippen molar-refractivity contribution in [3.8, 4) is 0 Å². The van der Waals surface area contributed by atoms with Gasteiger partial charge in [0.25, 0.3) is 0 Å². The number of carboxylic acid groups (broad SMARTS) is 1. The third-order valence-electron chi connectivity index (χ3n) is 2.18. The van der Waals surface area contributed by atoms with E-state index in [2.05, 4.69) is 21.0 Å². The van der Waals surface area contributed by atoms with Crippen LogP contribution in [0.2, 0.25) is 0 Å². The van der Waals surface area contributed by atoms with Gasteiger partial charge in [0.2, 0.25) is 0 Å². The highest BCUT2D eigenvalue weighted by Crippen LogP contribution is 2.22. The van der Waals surface area contributed by atoms with Gasteiger partial charge in [-0.05, 0) is 25.1 Å². The van der Waals surface area contributed by atoms with E-state index in [-0.39, 0.29) is 6.54 Å². The summed E-state index contributed by atoms with van der Waals surface area (Å²) < 4.78 is 2.42. The fourth-order valence-corrected chi connectivity index (χ4v) is 1.91. The largest absolute Gasteiger partial charge is 0.480 e. The monoisotopic (exact) mass is 268 g/mol. The minimum atomic E-state index is -0.889. The van der Waals surface area contributed by atoms with Gasteiger partial charge in [-0.1, -0.05) is 15.9 Å². The molecule has 2 aromatic rings. The predicted octanol–water partition coefficient (Wildman–Crippen LogP) is 2.19. The lowest BCUT2D eigenvalue weighted by Gasteiger charge is -1.98. The predicted molar refractivity (Wildman–Crippen MR) is 59.8 cm³/mol. The van der Waals surface area contributed by atoms with Crippen molar-refractivity contribution in [2.75, 3.05) is 0 Å². The molecule has 0 atom stereocenters. The highest BCUT2D eigenvalue weighted by molar-refractivity contribution is 9.10. The van der Waals surface area contributed by atoms with Crippen molar-refractivity contribution in [1.82, 2.24) is 9.78 Å². The van der Waals surface area contributed by atoms with Gasteiger partial charge in [0.15, 0.2) is 0 Å². The lowest BCUT2D eigenvalue weighted by molar-refractivity contribution is -0.137. The van der Waals surface area contributed by atoms with Crippen molar-refractivity contribution in [2.45, 2.75) is 13.5 Å². The first-order chi connectivity index (χ1) is 7.08. The van der Waals surface area contributed by atoms with Crippen LogP contribution < -0.4 is 0 Å². The minimum absolute atomic E-state index is 0.110. The summed E-state index contributed by atoms with van der Waals surface area (Å²) in [5.74, 6) is -0.889. The number of aryl methyl sites for hydroxylation is 1. The van der Waals surface area contributed by atoms with E-state index in [1.54, 1.807) is 0 Å². The van der Waals surface area contributed by atoms with Crippen LogP contribution in [0.1, 0.15) is 5.69 Å². The Morgan fingerprint density at radius 1 is 1.60 bits per heavy atom. The fourth-order valence-electron chi connectivity index (χ4n) is 1.56. The van der Waals surface area contributed by atoms with Crippen LogP contribution in [0.3, 0.4) is 0 Å². The van der Waals surface area contributed by atoms with Gasteiger partial charge in [-0.25, -0.2) is 0 Å². The van der Waals surface area contributed by atoms with Gasteiger partial charge in [-0.3, -0.25) is 9.48 Å². The van der Waals surface area contributed by atoms with Crippen molar-refractivity contribution >= 4 is 32.8 Å². The number of aromatic nitrogens is 2. The highest BCUT2D eigenvalue weighted by Gasteiger charge is 2.09. The lowest BCUT2D eigenvalue weighted by Crippen LogP contribution is -2.09. The fraction of sp³-hybridized carbons (Fsp3) is 0.200. The third-order valence-corrected chi connectivity index (χ3v) is 2.68. The summed E-state index contributed by atoms with van der Waals surface area (Å²) in [4.78, 5) is 10.6. The molecule has 78 valence electrons. The number of benzene rings is 1. The molecule has 0 aliphatic carbocycles. The van der Waals surface area contributed by atoms with Crippen LogP contribution >= 0.6 is 15.9 Å². The van der Waals surface area contributed by atoms with E-state index in [4.69, 9.17) is 5.11 Å². The number of halogens is 1. The van der Waals surface area contributed by atoms with Gasteiger partial charge in [0, 0.05) is 9.86 Å². The molecule has 0 bridgehead atoms. The zero-order chi connectivity index (χ0) is 11.0. The number of carbonyl (C=O) groups is 1. The van der Waals surface area contributed by atoms with E-state index in [1.807, 2.05) is 25.1 Å². The molecule has 5 heteroatoms. The summed E-state index contributed by atoms with van der Waals surface area (Å²) >= 11 is 3.35. The van der Waals surface area contributed by atoms with Crippen LogP contribution in [-0.2, 0) is 11.3 Å². The maximum Gasteiger partial charge on any atom is 0.325 e. The van der Waals surface area contributed by atoms with Gasteiger partial charge in [-0.2, -0.15) is 5.10 Å². The summed E-state index contributed by atoms with van der Waals surface area (Å²) in [7, 11) is 0. The lowest BCUT2D eigenvalue weighted by atomic mass is 10.2. The van der Waals surface area contributed by atoms with E-state index in [0.717, 1.165) is 21.1 Å². The Kier molecular flexibility index (Phi) is 2.48. The third kappa shape index (κ3) is 1.87. The topological polar surface area (TPSA) is 55.1 Å². The second kappa shape index (κ2) is 3.66. The first kappa shape index (κ1) is 10.2. The molecule has 1 aromatic heterocycles. The molecule has 0 amide bonds. The molecule has 0 aliphatic heterocycles.